The number of rotatable bonds is 1. The molecular weight excluding hydrogens is 216 g/mol. The zero-order chi connectivity index (χ0) is 12.7. The van der Waals surface area contributed by atoms with Crippen LogP contribution >= 0.6 is 0 Å². The Hall–Kier alpha value is -1.56. The maximum Gasteiger partial charge on any atom is -0.0123 e. The highest BCUT2D eigenvalue weighted by molar-refractivity contribution is 5.75. The summed E-state index contributed by atoms with van der Waals surface area (Å²) in [7, 11) is 0. The van der Waals surface area contributed by atoms with Gasteiger partial charge >= 0.3 is 0 Å². The van der Waals surface area contributed by atoms with E-state index in [9.17, 15) is 0 Å². The van der Waals surface area contributed by atoms with Gasteiger partial charge in [-0.25, -0.2) is 0 Å². The Kier molecular flexibility index (Phi) is 2.74. The van der Waals surface area contributed by atoms with Gasteiger partial charge in [0.25, 0.3) is 0 Å². The molecule has 0 saturated heterocycles. The molecule has 1 unspecified atom stereocenters. The first kappa shape index (κ1) is 11.5. The first-order valence-corrected chi connectivity index (χ1v) is 6.87. The summed E-state index contributed by atoms with van der Waals surface area (Å²) in [4.78, 5) is 0. The number of benzene rings is 2. The van der Waals surface area contributed by atoms with Crippen molar-refractivity contribution in [1.29, 1.82) is 0 Å². The SMILES string of the molecule is Cc1cccc(C)c1-c1cccc2c1CCC2C. The van der Waals surface area contributed by atoms with Crippen LogP contribution in [0.3, 0.4) is 0 Å². The summed E-state index contributed by atoms with van der Waals surface area (Å²) in [5, 5.41) is 0. The largest absolute Gasteiger partial charge is 0.0617 e. The van der Waals surface area contributed by atoms with Crippen molar-refractivity contribution in [3.63, 3.8) is 0 Å². The van der Waals surface area contributed by atoms with Crippen LogP contribution in [-0.2, 0) is 6.42 Å². The van der Waals surface area contributed by atoms with Crippen molar-refractivity contribution >= 4 is 0 Å². The average molecular weight is 236 g/mol. The Bertz CT molecular complexity index is 573. The third-order valence-corrected chi connectivity index (χ3v) is 4.32. The van der Waals surface area contributed by atoms with Gasteiger partial charge in [0, 0.05) is 0 Å². The van der Waals surface area contributed by atoms with Crippen molar-refractivity contribution in [2.75, 3.05) is 0 Å². The van der Waals surface area contributed by atoms with Gasteiger partial charge in [-0.2, -0.15) is 0 Å². The van der Waals surface area contributed by atoms with Crippen LogP contribution in [0.15, 0.2) is 36.4 Å². The lowest BCUT2D eigenvalue weighted by molar-refractivity contribution is 0.747. The van der Waals surface area contributed by atoms with Crippen LogP contribution in [-0.4, -0.2) is 0 Å². The third-order valence-electron chi connectivity index (χ3n) is 4.32. The lowest BCUT2D eigenvalue weighted by Gasteiger charge is -2.14. The molecule has 18 heavy (non-hydrogen) atoms. The van der Waals surface area contributed by atoms with Gasteiger partial charge in [0.2, 0.25) is 0 Å². The van der Waals surface area contributed by atoms with Crippen LogP contribution in [0.4, 0.5) is 0 Å². The van der Waals surface area contributed by atoms with E-state index in [0.29, 0.717) is 0 Å². The Morgan fingerprint density at radius 2 is 1.61 bits per heavy atom. The summed E-state index contributed by atoms with van der Waals surface area (Å²) < 4.78 is 0. The Balaban J connectivity index is 2.25. The second-order valence-electron chi connectivity index (χ2n) is 5.58. The molecule has 0 heterocycles. The molecule has 2 aromatic rings. The first-order valence-electron chi connectivity index (χ1n) is 6.87. The molecule has 2 aromatic carbocycles. The van der Waals surface area contributed by atoms with Gasteiger partial charge in [0.1, 0.15) is 0 Å². The van der Waals surface area contributed by atoms with Gasteiger partial charge in [0.15, 0.2) is 0 Å². The quantitative estimate of drug-likeness (QED) is 0.652. The number of hydrogen-bond donors (Lipinski definition) is 0. The summed E-state index contributed by atoms with van der Waals surface area (Å²) in [6, 6.07) is 13.4. The summed E-state index contributed by atoms with van der Waals surface area (Å²) in [6.45, 7) is 6.79. The van der Waals surface area contributed by atoms with Gasteiger partial charge in [-0.3, -0.25) is 0 Å². The van der Waals surface area contributed by atoms with E-state index in [2.05, 4.69) is 57.2 Å². The van der Waals surface area contributed by atoms with E-state index >= 15 is 0 Å². The van der Waals surface area contributed by atoms with E-state index in [1.165, 1.54) is 35.1 Å². The summed E-state index contributed by atoms with van der Waals surface area (Å²) >= 11 is 0. The second-order valence-corrected chi connectivity index (χ2v) is 5.58. The maximum absolute atomic E-state index is 2.35. The highest BCUT2D eigenvalue weighted by Gasteiger charge is 2.22. The monoisotopic (exact) mass is 236 g/mol. The summed E-state index contributed by atoms with van der Waals surface area (Å²) in [5.41, 5.74) is 8.85. The zero-order valence-electron chi connectivity index (χ0n) is 11.5. The van der Waals surface area contributed by atoms with Gasteiger partial charge in [0.05, 0.1) is 0 Å². The Labute approximate surface area is 110 Å². The fourth-order valence-electron chi connectivity index (χ4n) is 3.34. The maximum atomic E-state index is 2.35. The van der Waals surface area contributed by atoms with Crippen LogP contribution in [0.5, 0.6) is 0 Å². The van der Waals surface area contributed by atoms with Crippen LogP contribution in [0, 0.1) is 13.8 Å². The molecule has 3 rings (SSSR count). The minimum Gasteiger partial charge on any atom is -0.0617 e. The van der Waals surface area contributed by atoms with E-state index in [-0.39, 0.29) is 0 Å². The minimum atomic E-state index is 0.726. The third kappa shape index (κ3) is 1.68. The lowest BCUT2D eigenvalue weighted by atomic mass is 9.90. The second kappa shape index (κ2) is 4.28. The summed E-state index contributed by atoms with van der Waals surface area (Å²) in [6.07, 6.45) is 2.54. The molecule has 0 aromatic heterocycles. The fourth-order valence-corrected chi connectivity index (χ4v) is 3.34. The number of fused-ring (bicyclic) bond motifs is 1. The molecule has 0 heteroatoms. The van der Waals surface area contributed by atoms with Gasteiger partial charge in [-0.1, -0.05) is 43.3 Å². The Morgan fingerprint density at radius 3 is 2.33 bits per heavy atom. The molecule has 0 amide bonds. The molecular formula is C18H20. The van der Waals surface area contributed by atoms with Crippen molar-refractivity contribution in [3.05, 3.63) is 58.7 Å². The number of hydrogen-bond acceptors (Lipinski definition) is 0. The van der Waals surface area contributed by atoms with Crippen molar-refractivity contribution in [3.8, 4) is 11.1 Å². The Morgan fingerprint density at radius 1 is 0.944 bits per heavy atom. The molecule has 0 N–H and O–H groups in total. The first-order chi connectivity index (χ1) is 8.68. The van der Waals surface area contributed by atoms with E-state index < -0.39 is 0 Å². The molecule has 0 fully saturated rings. The molecule has 1 aliphatic rings. The molecule has 1 aliphatic carbocycles. The van der Waals surface area contributed by atoms with Gasteiger partial charge in [-0.15, -0.1) is 0 Å². The van der Waals surface area contributed by atoms with Crippen LogP contribution in [0.1, 0.15) is 41.5 Å². The van der Waals surface area contributed by atoms with Crippen LogP contribution < -0.4 is 0 Å². The number of aryl methyl sites for hydroxylation is 2. The minimum absolute atomic E-state index is 0.726. The molecule has 1 atom stereocenters. The van der Waals surface area contributed by atoms with Crippen molar-refractivity contribution in [2.24, 2.45) is 0 Å². The lowest BCUT2D eigenvalue weighted by Crippen LogP contribution is -1.94. The smallest absolute Gasteiger partial charge is 0.0123 e. The standard InChI is InChI=1S/C18H20/c1-12-10-11-16-15(12)8-5-9-17(16)18-13(2)6-4-7-14(18)3/h4-9,12H,10-11H2,1-3H3. The molecule has 0 spiro atoms. The predicted octanol–water partition coefficient (Wildman–Crippen LogP) is 5.02. The predicted molar refractivity (Wildman–Crippen MR) is 78.1 cm³/mol. The normalized spacial score (nSPS) is 17.8. The molecule has 0 bridgehead atoms. The highest BCUT2D eigenvalue weighted by Crippen LogP contribution is 2.40. The van der Waals surface area contributed by atoms with E-state index in [0.717, 1.165) is 5.92 Å². The molecule has 92 valence electrons. The topological polar surface area (TPSA) is 0 Å². The van der Waals surface area contributed by atoms with Crippen LogP contribution in [0.2, 0.25) is 0 Å². The van der Waals surface area contributed by atoms with Crippen molar-refractivity contribution in [2.45, 2.75) is 39.5 Å². The van der Waals surface area contributed by atoms with E-state index in [4.69, 9.17) is 0 Å². The molecule has 0 radical (unpaired) electrons. The molecule has 0 aliphatic heterocycles. The zero-order valence-corrected chi connectivity index (χ0v) is 11.5. The fraction of sp³-hybridized carbons (Fsp3) is 0.333. The van der Waals surface area contributed by atoms with Crippen molar-refractivity contribution < 1.29 is 0 Å². The molecule has 0 saturated carbocycles. The molecule has 0 nitrogen and oxygen atoms in total. The highest BCUT2D eigenvalue weighted by atomic mass is 14.3. The van der Waals surface area contributed by atoms with E-state index in [1.807, 2.05) is 0 Å². The van der Waals surface area contributed by atoms with Gasteiger partial charge in [-0.05, 0) is 66.0 Å². The van der Waals surface area contributed by atoms with Crippen molar-refractivity contribution in [1.82, 2.24) is 0 Å². The summed E-state index contributed by atoms with van der Waals surface area (Å²) in [5.74, 6) is 0.726. The van der Waals surface area contributed by atoms with E-state index in [1.54, 1.807) is 11.1 Å². The average Bonchev–Trinajstić information content (AvgIpc) is 2.72. The van der Waals surface area contributed by atoms with Gasteiger partial charge < -0.3 is 0 Å². The van der Waals surface area contributed by atoms with Crippen LogP contribution in [0.25, 0.3) is 11.1 Å².